The summed E-state index contributed by atoms with van der Waals surface area (Å²) in [6.07, 6.45) is 0.800. The molecular formula is C12H15ClN2O4S. The molecule has 2 rings (SSSR count). The Hall–Kier alpha value is -1.18. The van der Waals surface area contributed by atoms with Gasteiger partial charge in [-0.15, -0.1) is 0 Å². The highest BCUT2D eigenvalue weighted by atomic mass is 35.5. The van der Waals surface area contributed by atoms with Crippen LogP contribution in [-0.4, -0.2) is 30.7 Å². The third-order valence-electron chi connectivity index (χ3n) is 3.45. The highest BCUT2D eigenvalue weighted by molar-refractivity contribution is 7.89. The van der Waals surface area contributed by atoms with E-state index in [4.69, 9.17) is 11.6 Å². The normalized spacial score (nSPS) is 20.2. The molecule has 0 N–H and O–H groups in total. The number of hydrogen-bond acceptors (Lipinski definition) is 4. The van der Waals surface area contributed by atoms with Crippen LogP contribution < -0.4 is 0 Å². The summed E-state index contributed by atoms with van der Waals surface area (Å²) in [7, 11) is -3.70. The van der Waals surface area contributed by atoms with Gasteiger partial charge in [-0.2, -0.15) is 4.31 Å². The van der Waals surface area contributed by atoms with Crippen LogP contribution in [0.5, 0.6) is 0 Å². The molecule has 1 atom stereocenters. The Morgan fingerprint density at radius 1 is 1.45 bits per heavy atom. The summed E-state index contributed by atoms with van der Waals surface area (Å²) in [4.78, 5) is 10.2. The predicted molar refractivity (Wildman–Crippen MR) is 75.4 cm³/mol. The zero-order valence-electron chi connectivity index (χ0n) is 11.2. The van der Waals surface area contributed by atoms with Crippen LogP contribution in [-0.2, 0) is 10.0 Å². The summed E-state index contributed by atoms with van der Waals surface area (Å²) in [5.74, 6) is 0.298. The van der Waals surface area contributed by atoms with Crippen molar-refractivity contribution < 1.29 is 13.3 Å². The van der Waals surface area contributed by atoms with Gasteiger partial charge in [0.15, 0.2) is 0 Å². The molecule has 110 valence electrons. The number of nitrogens with zero attached hydrogens (tertiary/aromatic N) is 2. The lowest BCUT2D eigenvalue weighted by Crippen LogP contribution is -2.29. The lowest BCUT2D eigenvalue weighted by atomic mass is 10.2. The van der Waals surface area contributed by atoms with E-state index < -0.39 is 14.9 Å². The molecular weight excluding hydrogens is 304 g/mol. The van der Waals surface area contributed by atoms with Gasteiger partial charge in [0.1, 0.15) is 5.02 Å². The van der Waals surface area contributed by atoms with E-state index in [0.29, 0.717) is 24.6 Å². The van der Waals surface area contributed by atoms with Gasteiger partial charge < -0.3 is 0 Å². The van der Waals surface area contributed by atoms with Gasteiger partial charge in [0, 0.05) is 19.2 Å². The zero-order chi connectivity index (χ0) is 15.1. The Morgan fingerprint density at radius 2 is 2.10 bits per heavy atom. The average molecular weight is 319 g/mol. The number of halogens is 1. The van der Waals surface area contributed by atoms with E-state index in [1.54, 1.807) is 6.92 Å². The van der Waals surface area contributed by atoms with E-state index >= 15 is 0 Å². The zero-order valence-corrected chi connectivity index (χ0v) is 12.7. The van der Waals surface area contributed by atoms with Crippen molar-refractivity contribution in [1.29, 1.82) is 0 Å². The summed E-state index contributed by atoms with van der Waals surface area (Å²) in [6, 6.07) is 2.38. The van der Waals surface area contributed by atoms with Gasteiger partial charge in [-0.05, 0) is 30.9 Å². The third-order valence-corrected chi connectivity index (χ3v) is 5.76. The Labute approximate surface area is 122 Å². The monoisotopic (exact) mass is 318 g/mol. The minimum atomic E-state index is -3.70. The minimum Gasteiger partial charge on any atom is -0.258 e. The summed E-state index contributed by atoms with van der Waals surface area (Å²) in [5.41, 5.74) is 0.0308. The second kappa shape index (κ2) is 5.31. The standard InChI is InChI=1S/C12H15ClN2O4S/c1-8-3-4-14(7-8)20(18,19)12-6-11(15(16)17)10(13)5-9(12)2/h5-6,8H,3-4,7H2,1-2H3. The summed E-state index contributed by atoms with van der Waals surface area (Å²) in [6.45, 7) is 4.45. The molecule has 1 aromatic carbocycles. The van der Waals surface area contributed by atoms with Gasteiger partial charge in [0.05, 0.1) is 9.82 Å². The fourth-order valence-electron chi connectivity index (χ4n) is 2.31. The number of rotatable bonds is 3. The molecule has 0 radical (unpaired) electrons. The van der Waals surface area contributed by atoms with Crippen LogP contribution in [0.3, 0.4) is 0 Å². The molecule has 0 aliphatic carbocycles. The first-order valence-corrected chi connectivity index (χ1v) is 8.00. The Bertz CT molecular complexity index is 660. The molecule has 1 heterocycles. The van der Waals surface area contributed by atoms with E-state index in [-0.39, 0.29) is 15.6 Å². The molecule has 1 saturated heterocycles. The number of nitro benzene ring substituents is 1. The van der Waals surface area contributed by atoms with Crippen LogP contribution >= 0.6 is 11.6 Å². The van der Waals surface area contributed by atoms with Gasteiger partial charge in [0.25, 0.3) is 5.69 Å². The first-order chi connectivity index (χ1) is 9.23. The molecule has 0 bridgehead atoms. The smallest absolute Gasteiger partial charge is 0.258 e. The molecule has 1 unspecified atom stereocenters. The molecule has 1 fully saturated rings. The Kier molecular flexibility index (Phi) is 4.04. The molecule has 6 nitrogen and oxygen atoms in total. The van der Waals surface area contributed by atoms with Crippen molar-refractivity contribution in [2.24, 2.45) is 5.92 Å². The van der Waals surface area contributed by atoms with Crippen molar-refractivity contribution in [1.82, 2.24) is 4.31 Å². The molecule has 0 saturated carbocycles. The second-order valence-electron chi connectivity index (χ2n) is 5.08. The van der Waals surface area contributed by atoms with E-state index in [9.17, 15) is 18.5 Å². The molecule has 0 spiro atoms. The molecule has 8 heteroatoms. The molecule has 1 aliphatic heterocycles. The minimum absolute atomic E-state index is 0.0392. The van der Waals surface area contributed by atoms with Crippen LogP contribution in [0, 0.1) is 23.0 Å². The van der Waals surface area contributed by atoms with Crippen molar-refractivity contribution in [3.05, 3.63) is 32.8 Å². The highest BCUT2D eigenvalue weighted by Gasteiger charge is 2.33. The second-order valence-corrected chi connectivity index (χ2v) is 7.40. The van der Waals surface area contributed by atoms with Crippen LogP contribution in [0.2, 0.25) is 5.02 Å². The quantitative estimate of drug-likeness (QED) is 0.633. The summed E-state index contributed by atoms with van der Waals surface area (Å²) in [5, 5.41) is 10.8. The fourth-order valence-corrected chi connectivity index (χ4v) is 4.40. The number of hydrogen-bond donors (Lipinski definition) is 0. The van der Waals surface area contributed by atoms with Gasteiger partial charge in [-0.1, -0.05) is 18.5 Å². The molecule has 1 aliphatic rings. The number of benzene rings is 1. The van der Waals surface area contributed by atoms with Crippen molar-refractivity contribution in [2.45, 2.75) is 25.2 Å². The van der Waals surface area contributed by atoms with Gasteiger partial charge in [-0.3, -0.25) is 10.1 Å². The first kappa shape index (κ1) is 15.2. The number of sulfonamides is 1. The Morgan fingerprint density at radius 3 is 2.60 bits per heavy atom. The lowest BCUT2D eigenvalue weighted by molar-refractivity contribution is -0.384. The molecule has 0 aromatic heterocycles. The van der Waals surface area contributed by atoms with Crippen molar-refractivity contribution in [3.63, 3.8) is 0 Å². The van der Waals surface area contributed by atoms with Crippen molar-refractivity contribution in [3.8, 4) is 0 Å². The SMILES string of the molecule is Cc1cc(Cl)c([N+](=O)[O-])cc1S(=O)(=O)N1CCC(C)C1. The topological polar surface area (TPSA) is 80.5 Å². The van der Waals surface area contributed by atoms with Crippen LogP contribution in [0.15, 0.2) is 17.0 Å². The Balaban J connectivity index is 2.51. The maximum atomic E-state index is 12.5. The van der Waals surface area contributed by atoms with Crippen molar-refractivity contribution in [2.75, 3.05) is 13.1 Å². The molecule has 1 aromatic rings. The van der Waals surface area contributed by atoms with E-state index in [1.807, 2.05) is 6.92 Å². The third kappa shape index (κ3) is 2.65. The maximum absolute atomic E-state index is 12.5. The van der Waals surface area contributed by atoms with Gasteiger partial charge in [0.2, 0.25) is 10.0 Å². The molecule has 0 amide bonds. The average Bonchev–Trinajstić information content (AvgIpc) is 2.75. The van der Waals surface area contributed by atoms with Gasteiger partial charge in [-0.25, -0.2) is 8.42 Å². The van der Waals surface area contributed by atoms with Crippen molar-refractivity contribution >= 4 is 27.3 Å². The van der Waals surface area contributed by atoms with Crippen LogP contribution in [0.1, 0.15) is 18.9 Å². The van der Waals surface area contributed by atoms with E-state index in [0.717, 1.165) is 12.5 Å². The van der Waals surface area contributed by atoms with Crippen LogP contribution in [0.25, 0.3) is 0 Å². The number of aryl methyl sites for hydroxylation is 1. The van der Waals surface area contributed by atoms with Gasteiger partial charge >= 0.3 is 0 Å². The van der Waals surface area contributed by atoms with E-state index in [2.05, 4.69) is 0 Å². The van der Waals surface area contributed by atoms with Crippen LogP contribution in [0.4, 0.5) is 5.69 Å². The summed E-state index contributed by atoms with van der Waals surface area (Å²) < 4.78 is 26.5. The summed E-state index contributed by atoms with van der Waals surface area (Å²) >= 11 is 5.78. The fraction of sp³-hybridized carbons (Fsp3) is 0.500. The predicted octanol–water partition coefficient (Wildman–Crippen LogP) is 2.59. The highest BCUT2D eigenvalue weighted by Crippen LogP contribution is 2.33. The maximum Gasteiger partial charge on any atom is 0.289 e. The first-order valence-electron chi connectivity index (χ1n) is 6.18. The lowest BCUT2D eigenvalue weighted by Gasteiger charge is -2.17. The number of nitro groups is 1. The van der Waals surface area contributed by atoms with E-state index in [1.165, 1.54) is 10.4 Å². The largest absolute Gasteiger partial charge is 0.289 e. The molecule has 20 heavy (non-hydrogen) atoms.